The van der Waals surface area contributed by atoms with Gasteiger partial charge < -0.3 is 20.4 Å². The predicted octanol–water partition coefficient (Wildman–Crippen LogP) is 5.99. The number of hydrogen-bond donors (Lipinski definition) is 4. The van der Waals surface area contributed by atoms with E-state index in [1.807, 2.05) is 0 Å². The molecule has 0 aromatic heterocycles. The van der Waals surface area contributed by atoms with E-state index in [9.17, 15) is 0 Å². The largest absolute Gasteiger partial charge is 0.396 e. The minimum absolute atomic E-state index is 0.0451. The summed E-state index contributed by atoms with van der Waals surface area (Å²) in [6, 6.07) is 0. The highest BCUT2D eigenvalue weighted by Crippen LogP contribution is 2.14. The highest BCUT2D eigenvalue weighted by atomic mass is 16.3. The van der Waals surface area contributed by atoms with Crippen molar-refractivity contribution in [3.05, 3.63) is 0 Å². The monoisotopic (exact) mass is 418 g/mol. The third-order valence-corrected chi connectivity index (χ3v) is 5.42. The maximum Gasteiger partial charge on any atom is 0.0504 e. The Bertz CT molecular complexity index is 256. The fraction of sp³-hybridized carbons (Fsp3) is 1.00. The number of aliphatic hydroxyl groups is 4. The van der Waals surface area contributed by atoms with Crippen LogP contribution in [0.1, 0.15) is 129 Å². The van der Waals surface area contributed by atoms with E-state index in [4.69, 9.17) is 20.4 Å². The number of hydrogen-bond acceptors (Lipinski definition) is 4. The molecule has 29 heavy (non-hydrogen) atoms. The molecule has 0 bridgehead atoms. The van der Waals surface area contributed by atoms with Crippen LogP contribution in [0.2, 0.25) is 0 Å². The van der Waals surface area contributed by atoms with E-state index in [1.165, 1.54) is 103 Å². The average molecular weight is 419 g/mol. The Labute approximate surface area is 182 Å². The summed E-state index contributed by atoms with van der Waals surface area (Å²) < 4.78 is 0. The number of aliphatic hydroxyl groups excluding tert-OH is 4. The maximum atomic E-state index is 8.69. The molecule has 4 heteroatoms. The van der Waals surface area contributed by atoms with Gasteiger partial charge in [0.05, 0.1) is 13.2 Å². The summed E-state index contributed by atoms with van der Waals surface area (Å²) in [5.74, 6) is 0. The lowest BCUT2D eigenvalue weighted by Gasteiger charge is -2.16. The summed E-state index contributed by atoms with van der Waals surface area (Å²) in [7, 11) is 0. The predicted molar refractivity (Wildman–Crippen MR) is 125 cm³/mol. The Kier molecular flexibility index (Phi) is 27.7. The van der Waals surface area contributed by atoms with Gasteiger partial charge in [0.1, 0.15) is 0 Å². The molecule has 0 aromatic carbocycles. The van der Waals surface area contributed by atoms with Crippen LogP contribution >= 0.6 is 0 Å². The molecule has 0 aliphatic carbocycles. The lowest BCUT2D eigenvalue weighted by Crippen LogP contribution is -2.20. The molecule has 0 aliphatic rings. The highest BCUT2D eigenvalue weighted by molar-refractivity contribution is 4.63. The minimum Gasteiger partial charge on any atom is -0.396 e. The molecule has 0 spiro atoms. The van der Waals surface area contributed by atoms with Crippen molar-refractivity contribution in [2.75, 3.05) is 26.4 Å². The van der Waals surface area contributed by atoms with Crippen molar-refractivity contribution in [2.45, 2.75) is 129 Å². The van der Waals surface area contributed by atoms with Crippen molar-refractivity contribution >= 4 is 0 Å². The molecule has 0 amide bonds. The summed E-state index contributed by atoms with van der Waals surface area (Å²) in [4.78, 5) is 0. The molecular weight excluding hydrogens is 364 g/mol. The average Bonchev–Trinajstić information content (AvgIpc) is 2.73. The van der Waals surface area contributed by atoms with Crippen LogP contribution in [0.4, 0.5) is 0 Å². The minimum atomic E-state index is -0.306. The quantitative estimate of drug-likeness (QED) is 0.173. The third-order valence-electron chi connectivity index (χ3n) is 5.42. The summed E-state index contributed by atoms with van der Waals surface area (Å²) in [5, 5.41) is 34.3. The van der Waals surface area contributed by atoms with Gasteiger partial charge in [-0.1, -0.05) is 117 Å². The summed E-state index contributed by atoms with van der Waals surface area (Å²) >= 11 is 0. The van der Waals surface area contributed by atoms with Crippen LogP contribution in [0.5, 0.6) is 0 Å². The smallest absolute Gasteiger partial charge is 0.0504 e. The molecule has 0 atom stereocenters. The van der Waals surface area contributed by atoms with Crippen LogP contribution in [-0.4, -0.2) is 46.9 Å². The van der Waals surface area contributed by atoms with Crippen LogP contribution in [0.15, 0.2) is 0 Å². The molecule has 178 valence electrons. The summed E-state index contributed by atoms with van der Waals surface area (Å²) in [6.45, 7) is 4.42. The topological polar surface area (TPSA) is 80.9 Å². The van der Waals surface area contributed by atoms with Gasteiger partial charge in [0, 0.05) is 18.6 Å². The molecule has 0 saturated carbocycles. The van der Waals surface area contributed by atoms with Gasteiger partial charge in [-0.05, 0) is 12.8 Å². The van der Waals surface area contributed by atoms with Gasteiger partial charge >= 0.3 is 0 Å². The molecule has 4 N–H and O–H groups in total. The highest BCUT2D eigenvalue weighted by Gasteiger charge is 2.13. The lowest BCUT2D eigenvalue weighted by molar-refractivity contribution is 0.0857. The Morgan fingerprint density at radius 2 is 0.517 bits per heavy atom. The fourth-order valence-electron chi connectivity index (χ4n) is 3.10. The Hall–Kier alpha value is -0.160. The lowest BCUT2D eigenvalue weighted by atomic mass is 9.97. The van der Waals surface area contributed by atoms with Crippen LogP contribution < -0.4 is 0 Å². The first-order valence-electron chi connectivity index (χ1n) is 12.5. The van der Waals surface area contributed by atoms with E-state index in [1.54, 1.807) is 13.8 Å². The molecule has 0 aromatic rings. The van der Waals surface area contributed by atoms with Crippen molar-refractivity contribution in [1.82, 2.24) is 0 Å². The third kappa shape index (κ3) is 30.1. The molecule has 0 saturated heterocycles. The second kappa shape index (κ2) is 25.9. The zero-order chi connectivity index (χ0) is 22.1. The van der Waals surface area contributed by atoms with Crippen molar-refractivity contribution < 1.29 is 20.4 Å². The van der Waals surface area contributed by atoms with Gasteiger partial charge in [0.15, 0.2) is 0 Å². The van der Waals surface area contributed by atoms with Gasteiger partial charge in [-0.3, -0.25) is 0 Å². The maximum absolute atomic E-state index is 8.69. The Morgan fingerprint density at radius 3 is 0.621 bits per heavy atom. The van der Waals surface area contributed by atoms with Crippen LogP contribution in [0.25, 0.3) is 0 Å². The second-order valence-corrected chi connectivity index (χ2v) is 9.29. The zero-order valence-corrected chi connectivity index (χ0v) is 19.8. The second-order valence-electron chi connectivity index (χ2n) is 9.29. The molecule has 0 radical (unpaired) electrons. The SMILES string of the molecule is CC(C)(CO)CO.OCCCCCCCCCCCCCCCCCCCCO. The van der Waals surface area contributed by atoms with E-state index in [-0.39, 0.29) is 18.6 Å². The van der Waals surface area contributed by atoms with Crippen LogP contribution in [0, 0.1) is 5.41 Å². The molecule has 4 nitrogen and oxygen atoms in total. The van der Waals surface area contributed by atoms with E-state index >= 15 is 0 Å². The normalized spacial score (nSPS) is 11.4. The zero-order valence-electron chi connectivity index (χ0n) is 19.8. The molecule has 0 rings (SSSR count). The van der Waals surface area contributed by atoms with Gasteiger partial charge in [0.2, 0.25) is 0 Å². The van der Waals surface area contributed by atoms with Crippen molar-refractivity contribution in [3.63, 3.8) is 0 Å². The van der Waals surface area contributed by atoms with Crippen molar-refractivity contribution in [2.24, 2.45) is 5.41 Å². The first kappa shape index (κ1) is 31.0. The van der Waals surface area contributed by atoms with E-state index in [2.05, 4.69) is 0 Å². The molecule has 0 fully saturated rings. The number of unbranched alkanes of at least 4 members (excludes halogenated alkanes) is 17. The first-order valence-corrected chi connectivity index (χ1v) is 12.5. The molecular formula is C25H54O4. The standard InChI is InChI=1S/C20H42O2.C5H12O2/c21-19-17-15-13-11-9-7-5-3-1-2-4-6-8-10-12-14-16-18-20-22;1-5(2,3-6)4-7/h21-22H,1-20H2;6-7H,3-4H2,1-2H3. The van der Waals surface area contributed by atoms with Crippen LogP contribution in [0.3, 0.4) is 0 Å². The molecule has 0 heterocycles. The molecule has 0 unspecified atom stereocenters. The van der Waals surface area contributed by atoms with Gasteiger partial charge in [-0.25, -0.2) is 0 Å². The van der Waals surface area contributed by atoms with E-state index in [0.717, 1.165) is 12.8 Å². The Morgan fingerprint density at radius 1 is 0.345 bits per heavy atom. The van der Waals surface area contributed by atoms with Crippen molar-refractivity contribution in [1.29, 1.82) is 0 Å². The summed E-state index contributed by atoms with van der Waals surface area (Å²) in [6.07, 6.45) is 23.9. The fourth-order valence-corrected chi connectivity index (χ4v) is 3.10. The summed E-state index contributed by atoms with van der Waals surface area (Å²) in [5.41, 5.74) is -0.306. The number of rotatable bonds is 21. The van der Waals surface area contributed by atoms with Gasteiger partial charge in [-0.2, -0.15) is 0 Å². The van der Waals surface area contributed by atoms with Gasteiger partial charge in [0.25, 0.3) is 0 Å². The first-order chi connectivity index (χ1) is 14.0. The molecule has 0 aliphatic heterocycles. The van der Waals surface area contributed by atoms with Gasteiger partial charge in [-0.15, -0.1) is 0 Å². The van der Waals surface area contributed by atoms with Crippen molar-refractivity contribution in [3.8, 4) is 0 Å². The Balaban J connectivity index is 0. The van der Waals surface area contributed by atoms with E-state index < -0.39 is 0 Å². The van der Waals surface area contributed by atoms with Crippen LogP contribution in [-0.2, 0) is 0 Å². The van der Waals surface area contributed by atoms with E-state index in [0.29, 0.717) is 13.2 Å².